The molecule has 618 valence electrons. The van der Waals surface area contributed by atoms with Gasteiger partial charge in [-0.2, -0.15) is 0 Å². The summed E-state index contributed by atoms with van der Waals surface area (Å²) in [5.41, 5.74) is 43.7. The van der Waals surface area contributed by atoms with Crippen molar-refractivity contribution >= 4 is 309 Å². The van der Waals surface area contributed by atoms with E-state index in [2.05, 4.69) is 346 Å². The molecule has 0 unspecified atom stereocenters. The molecule has 0 atom stereocenters. The molecule has 8 nitrogen and oxygen atoms in total. The number of rotatable bonds is 2. The highest BCUT2D eigenvalue weighted by atomic mass is 16.4. The van der Waals surface area contributed by atoms with Crippen LogP contribution in [0, 0.1) is 0 Å². The lowest BCUT2D eigenvalue weighted by Gasteiger charge is -2.36. The first-order valence-electron chi connectivity index (χ1n) is 47.5. The molecular weight excluding hydrogens is 1670 g/mol. The topological polar surface area (TPSA) is 105 Å². The minimum atomic E-state index is -0.207. The molecule has 0 spiro atoms. The summed E-state index contributed by atoms with van der Waals surface area (Å²) in [6.07, 6.45) is 0. The van der Waals surface area contributed by atoms with Crippen LogP contribution >= 0.6 is 0 Å². The highest BCUT2D eigenvalue weighted by molar-refractivity contribution is 7.04. The van der Waals surface area contributed by atoms with Gasteiger partial charge in [0.1, 0.15) is 89.3 Å². The van der Waals surface area contributed by atoms with Crippen LogP contribution in [0.2, 0.25) is 0 Å². The molecule has 14 heterocycles. The van der Waals surface area contributed by atoms with Crippen molar-refractivity contribution in [2.24, 2.45) is 0 Å². The second kappa shape index (κ2) is 23.4. The molecular formula is C126H57B3O8. The largest absolute Gasteiger partial charge is 0.456 e. The fraction of sp³-hybridized carbons (Fsp3) is 0. The summed E-state index contributed by atoms with van der Waals surface area (Å²) >= 11 is 0. The summed E-state index contributed by atoms with van der Waals surface area (Å²) in [6, 6.07) is 129. The van der Waals surface area contributed by atoms with Crippen molar-refractivity contribution in [3.05, 3.63) is 346 Å². The van der Waals surface area contributed by atoms with Crippen molar-refractivity contribution in [2.45, 2.75) is 0 Å². The Hall–Kier alpha value is -17.8. The molecule has 0 bridgehead atoms. The summed E-state index contributed by atoms with van der Waals surface area (Å²) in [7, 11) is 0. The van der Waals surface area contributed by atoms with Crippen LogP contribution < -0.4 is 49.2 Å². The fourth-order valence-electron chi connectivity index (χ4n) is 28.1. The molecule has 0 radical (unpaired) electrons. The predicted molar refractivity (Wildman–Crippen MR) is 567 cm³/mol. The normalized spacial score (nSPS) is 13.6. The highest BCUT2D eigenvalue weighted by Crippen LogP contribution is 2.56. The molecule has 0 saturated carbocycles. The number of benzene rings is 23. The molecule has 8 aromatic heterocycles. The smallest absolute Gasteiger partial charge is 0.244 e. The SMILES string of the molecule is c1cc2c3c(c1)-c1cc4c5ccccc5oc4c4c1c(cc1c5ccc(-c6ccc7c(c6)oc6cc8cc(-c9ccc%10c%11c9-c9cccc%12c9c(cc9oc%13ccccc%13c9%12)B%11c9cc%11oc%12ccccc%12c%11c%11cccc-%10c9%11)cc9c8c(c67)-c6cccc7c6B9c6cccc8cc9oc%10ccccc%10c9c-7c68)cc5oc14)B3c1cc3c4ccccc4oc3c3c1c-2cc1c2ccccc2oc13. The summed E-state index contributed by atoms with van der Waals surface area (Å²) < 4.78 is 57.7. The molecule has 37 rings (SSSR count). The van der Waals surface area contributed by atoms with Crippen LogP contribution in [0.25, 0.3) is 329 Å². The lowest BCUT2D eigenvalue weighted by atomic mass is 9.30. The van der Waals surface area contributed by atoms with E-state index in [4.69, 9.17) is 35.3 Å². The minimum absolute atomic E-state index is 0.166. The molecule has 0 fully saturated rings. The Morgan fingerprint density at radius 3 is 1.07 bits per heavy atom. The van der Waals surface area contributed by atoms with E-state index in [0.717, 1.165) is 230 Å². The zero-order valence-corrected chi connectivity index (χ0v) is 72.4. The van der Waals surface area contributed by atoms with E-state index in [1.54, 1.807) is 0 Å². The number of fused-ring (bicyclic) bond motifs is 44. The Bertz CT molecular complexity index is 11500. The Morgan fingerprint density at radius 2 is 0.504 bits per heavy atom. The second-order valence-corrected chi connectivity index (χ2v) is 39.3. The zero-order valence-electron chi connectivity index (χ0n) is 72.4. The van der Waals surface area contributed by atoms with Crippen molar-refractivity contribution in [3.63, 3.8) is 0 Å². The Kier molecular flexibility index (Phi) is 11.8. The second-order valence-electron chi connectivity index (χ2n) is 39.3. The molecule has 0 aliphatic carbocycles. The maximum absolute atomic E-state index is 7.67. The van der Waals surface area contributed by atoms with Gasteiger partial charge in [0.2, 0.25) is 20.1 Å². The van der Waals surface area contributed by atoms with Gasteiger partial charge in [0.15, 0.2) is 0 Å². The van der Waals surface area contributed by atoms with E-state index >= 15 is 0 Å². The van der Waals surface area contributed by atoms with Crippen LogP contribution in [0.1, 0.15) is 0 Å². The number of hydrogen-bond donors (Lipinski definition) is 0. The summed E-state index contributed by atoms with van der Waals surface area (Å²) in [6.45, 7) is -0.572. The van der Waals surface area contributed by atoms with Gasteiger partial charge < -0.3 is 35.3 Å². The summed E-state index contributed by atoms with van der Waals surface area (Å²) in [5.74, 6) is 0. The van der Waals surface area contributed by atoms with Crippen molar-refractivity contribution < 1.29 is 35.3 Å². The molecule has 0 saturated heterocycles. The summed E-state index contributed by atoms with van der Waals surface area (Å²) in [4.78, 5) is 0. The molecule has 11 heteroatoms. The van der Waals surface area contributed by atoms with Gasteiger partial charge >= 0.3 is 0 Å². The number of para-hydroxylation sites is 6. The average molecular weight is 1730 g/mol. The number of furan rings is 8. The third-order valence-corrected chi connectivity index (χ3v) is 33.1. The van der Waals surface area contributed by atoms with Gasteiger partial charge in [0.05, 0.1) is 10.8 Å². The van der Waals surface area contributed by atoms with Crippen molar-refractivity contribution in [2.75, 3.05) is 0 Å². The monoisotopic (exact) mass is 1730 g/mol. The van der Waals surface area contributed by atoms with Gasteiger partial charge in [-0.25, -0.2) is 0 Å². The lowest BCUT2D eigenvalue weighted by molar-refractivity contribution is 0.662. The van der Waals surface area contributed by atoms with Gasteiger partial charge in [-0.1, -0.05) is 292 Å². The standard InChI is InChI=1S/C126H57B3O8/c1-7-34-93-64(19-1)83-52-81-69-26-15-27-70-82-53-84-65-20-2-8-35-94(65)135-124(84)119-113(82)90(128(120(69)70)89-54-85-66-21-3-9-36-95(66)136-125(85)118(112(81)89)123(83)134-93)55-86-67-42-40-58(48-99(67)137-126(86)119)59-41-43-75-100(49-59)133-102-51-62-46-61(47-88-106(62)117(115(75)102)80-32-17-31-79-116-105-60(18-13-33-87(105)127(88)121(79)80)50-101-114(116)74-24-6-12-39-98(74)130-101)63-44-45-71-68-25-14-28-76-107(68)91(56-103-109(76)72-22-4-10-37-96(72)131-103)129-92-57-104-110(73-23-5-11-38-97(73)132-104)77-29-16-30-78(108(77)92)111(63)122(71)129/h1-57H. The Labute approximate surface area is 774 Å². The van der Waals surface area contributed by atoms with E-state index < -0.39 is 0 Å². The van der Waals surface area contributed by atoms with E-state index in [0.29, 0.717) is 0 Å². The molecule has 6 aliphatic rings. The van der Waals surface area contributed by atoms with Crippen LogP contribution in [-0.4, -0.2) is 20.1 Å². The minimum Gasteiger partial charge on any atom is -0.456 e. The van der Waals surface area contributed by atoms with Gasteiger partial charge in [0.25, 0.3) is 0 Å². The van der Waals surface area contributed by atoms with Crippen molar-refractivity contribution in [1.29, 1.82) is 0 Å². The maximum Gasteiger partial charge on any atom is 0.244 e. The maximum atomic E-state index is 7.67. The van der Waals surface area contributed by atoms with E-state index in [9.17, 15) is 0 Å². The van der Waals surface area contributed by atoms with Gasteiger partial charge in [-0.3, -0.25) is 0 Å². The molecule has 31 aromatic rings. The quantitative estimate of drug-likeness (QED) is 0.158. The third-order valence-electron chi connectivity index (χ3n) is 33.1. The van der Waals surface area contributed by atoms with E-state index in [-0.39, 0.29) is 20.1 Å². The van der Waals surface area contributed by atoms with Crippen LogP contribution in [-0.2, 0) is 0 Å². The average Bonchev–Trinajstić information content (AvgIpc) is 1.66. The Morgan fingerprint density at radius 1 is 0.139 bits per heavy atom. The summed E-state index contributed by atoms with van der Waals surface area (Å²) in [5, 5.41) is 31.3. The molecule has 137 heavy (non-hydrogen) atoms. The van der Waals surface area contributed by atoms with Gasteiger partial charge in [-0.05, 0) is 235 Å². The van der Waals surface area contributed by atoms with Crippen LogP contribution in [0.15, 0.2) is 381 Å². The molecule has 0 N–H and O–H groups in total. The first-order chi connectivity index (χ1) is 67.9. The van der Waals surface area contributed by atoms with Crippen molar-refractivity contribution in [1.82, 2.24) is 0 Å². The lowest BCUT2D eigenvalue weighted by Crippen LogP contribution is -2.57. The molecule has 23 aromatic carbocycles. The van der Waals surface area contributed by atoms with Crippen LogP contribution in [0.5, 0.6) is 0 Å². The van der Waals surface area contributed by atoms with Crippen LogP contribution in [0.4, 0.5) is 0 Å². The molecule has 6 aliphatic heterocycles. The van der Waals surface area contributed by atoms with Gasteiger partial charge in [-0.15, -0.1) is 0 Å². The third kappa shape index (κ3) is 8.05. The number of hydrogen-bond acceptors (Lipinski definition) is 8. The van der Waals surface area contributed by atoms with Gasteiger partial charge in [0, 0.05) is 97.3 Å². The fourth-order valence-corrected chi connectivity index (χ4v) is 28.1. The zero-order chi connectivity index (χ0) is 87.5. The highest BCUT2D eigenvalue weighted by Gasteiger charge is 2.47. The van der Waals surface area contributed by atoms with Crippen LogP contribution in [0.3, 0.4) is 0 Å². The molecule has 0 amide bonds. The predicted octanol–water partition coefficient (Wildman–Crippen LogP) is 28.6. The first kappa shape index (κ1) is 69.2. The van der Waals surface area contributed by atoms with E-state index in [1.807, 2.05) is 0 Å². The Balaban J connectivity index is 0.581. The first-order valence-corrected chi connectivity index (χ1v) is 47.5. The van der Waals surface area contributed by atoms with E-state index in [1.165, 1.54) is 148 Å². The van der Waals surface area contributed by atoms with Crippen molar-refractivity contribution in [3.8, 4) is 89.0 Å².